The molecule has 2 fully saturated rings. The van der Waals surface area contributed by atoms with E-state index in [2.05, 4.69) is 24.4 Å². The first-order valence-corrected chi connectivity index (χ1v) is 14.7. The predicted molar refractivity (Wildman–Crippen MR) is 154 cm³/mol. The van der Waals surface area contributed by atoms with E-state index in [1.807, 2.05) is 29.2 Å². The first-order chi connectivity index (χ1) is 19.9. The highest BCUT2D eigenvalue weighted by atomic mass is 19.1. The zero-order valence-corrected chi connectivity index (χ0v) is 23.4. The summed E-state index contributed by atoms with van der Waals surface area (Å²) in [5, 5.41) is 7.45. The minimum absolute atomic E-state index is 0.0299. The number of benzene rings is 2. The van der Waals surface area contributed by atoms with E-state index in [0.717, 1.165) is 43.4 Å². The fourth-order valence-electron chi connectivity index (χ4n) is 6.64. The van der Waals surface area contributed by atoms with Gasteiger partial charge in [0.05, 0.1) is 11.7 Å². The van der Waals surface area contributed by atoms with Crippen molar-refractivity contribution in [2.75, 3.05) is 13.6 Å². The Labute approximate surface area is 238 Å². The number of aromatic nitrogens is 3. The van der Waals surface area contributed by atoms with Crippen molar-refractivity contribution < 1.29 is 14.0 Å². The first-order valence-electron chi connectivity index (χ1n) is 14.7. The lowest BCUT2D eigenvalue weighted by atomic mass is 9.70. The topological polar surface area (TPSA) is 79.6 Å². The van der Waals surface area contributed by atoms with Gasteiger partial charge in [-0.3, -0.25) is 9.59 Å². The van der Waals surface area contributed by atoms with Gasteiger partial charge < -0.3 is 10.2 Å². The second-order valence-corrected chi connectivity index (χ2v) is 11.9. The van der Waals surface area contributed by atoms with E-state index >= 15 is 4.39 Å². The number of nitrogens with zero attached hydrogens (tertiary/aromatic N) is 4. The monoisotopic (exact) mass is 551 g/mol. The van der Waals surface area contributed by atoms with Gasteiger partial charge in [0.15, 0.2) is 5.65 Å². The largest absolute Gasteiger partial charge is 0.359 e. The molecule has 2 aromatic heterocycles. The maximum atomic E-state index is 15.4. The first kappa shape index (κ1) is 25.9. The molecule has 2 aromatic carbocycles. The summed E-state index contributed by atoms with van der Waals surface area (Å²) in [6, 6.07) is 17.3. The Balaban J connectivity index is 1.16. The van der Waals surface area contributed by atoms with Gasteiger partial charge in [-0.2, -0.15) is 5.10 Å². The van der Waals surface area contributed by atoms with Crippen LogP contribution >= 0.6 is 0 Å². The number of hydrogen-bond acceptors (Lipinski definition) is 4. The van der Waals surface area contributed by atoms with Crippen LogP contribution in [-0.2, 0) is 11.2 Å². The molecule has 0 unspecified atom stereocenters. The molecular formula is C33H34FN5O2. The van der Waals surface area contributed by atoms with Gasteiger partial charge in [0.25, 0.3) is 5.91 Å². The van der Waals surface area contributed by atoms with Crippen molar-refractivity contribution in [3.63, 3.8) is 0 Å². The summed E-state index contributed by atoms with van der Waals surface area (Å²) in [5.74, 6) is 0.618. The molecule has 2 amide bonds. The number of carbonyl (C=O) groups is 2. The average molecular weight is 552 g/mol. The van der Waals surface area contributed by atoms with Gasteiger partial charge in [0.2, 0.25) is 5.91 Å². The second-order valence-electron chi connectivity index (χ2n) is 11.9. The second kappa shape index (κ2) is 10.1. The number of halogens is 1. The number of carbonyl (C=O) groups excluding carboxylic acids is 2. The lowest BCUT2D eigenvalue weighted by Gasteiger charge is -2.35. The third-order valence-corrected chi connectivity index (χ3v) is 9.25. The molecule has 0 saturated heterocycles. The van der Waals surface area contributed by atoms with Crippen LogP contribution in [0.3, 0.4) is 0 Å². The highest BCUT2D eigenvalue weighted by Gasteiger charge is 2.34. The normalized spacial score (nSPS) is 21.8. The van der Waals surface area contributed by atoms with E-state index in [1.165, 1.54) is 11.1 Å². The van der Waals surface area contributed by atoms with E-state index in [1.54, 1.807) is 29.8 Å². The minimum Gasteiger partial charge on any atom is -0.359 e. The molecule has 0 bridgehead atoms. The van der Waals surface area contributed by atoms with Crippen LogP contribution in [-0.4, -0.2) is 44.9 Å². The van der Waals surface area contributed by atoms with Crippen molar-refractivity contribution in [3.8, 4) is 11.3 Å². The zero-order valence-electron chi connectivity index (χ0n) is 23.4. The van der Waals surface area contributed by atoms with Gasteiger partial charge >= 0.3 is 0 Å². The van der Waals surface area contributed by atoms with E-state index < -0.39 is 0 Å². The van der Waals surface area contributed by atoms with Crippen molar-refractivity contribution in [1.29, 1.82) is 0 Å². The van der Waals surface area contributed by atoms with Crippen LogP contribution in [0.4, 0.5) is 4.39 Å². The molecule has 1 N–H and O–H groups in total. The van der Waals surface area contributed by atoms with Gasteiger partial charge in [-0.05, 0) is 85.8 Å². The molecule has 41 heavy (non-hydrogen) atoms. The van der Waals surface area contributed by atoms with Crippen LogP contribution < -0.4 is 5.32 Å². The smallest absolute Gasteiger partial charge is 0.273 e. The Kier molecular flexibility index (Phi) is 6.36. The summed E-state index contributed by atoms with van der Waals surface area (Å²) in [5.41, 5.74) is 6.33. The van der Waals surface area contributed by atoms with Gasteiger partial charge in [0, 0.05) is 43.3 Å². The van der Waals surface area contributed by atoms with Crippen LogP contribution in [0.25, 0.3) is 16.9 Å². The lowest BCUT2D eigenvalue weighted by Crippen LogP contribution is -2.39. The van der Waals surface area contributed by atoms with Gasteiger partial charge in [-0.15, -0.1) is 0 Å². The Bertz CT molecular complexity index is 1670. The molecule has 2 saturated carbocycles. The highest BCUT2D eigenvalue weighted by Crippen LogP contribution is 2.44. The van der Waals surface area contributed by atoms with Crippen molar-refractivity contribution in [1.82, 2.24) is 24.8 Å². The number of hydrogen-bond donors (Lipinski definition) is 1. The van der Waals surface area contributed by atoms with Gasteiger partial charge in [0.1, 0.15) is 11.5 Å². The summed E-state index contributed by atoms with van der Waals surface area (Å²) in [6.45, 7) is 2.73. The average Bonchev–Trinajstić information content (AvgIpc) is 3.72. The van der Waals surface area contributed by atoms with Crippen LogP contribution in [0.15, 0.2) is 54.6 Å². The number of nitrogens with one attached hydrogen (secondary N) is 1. The number of rotatable bonds is 6. The molecule has 0 spiro atoms. The van der Waals surface area contributed by atoms with Crippen molar-refractivity contribution in [2.24, 2.45) is 5.92 Å². The fourth-order valence-corrected chi connectivity index (χ4v) is 6.64. The maximum Gasteiger partial charge on any atom is 0.273 e. The third-order valence-electron chi connectivity index (χ3n) is 9.25. The summed E-state index contributed by atoms with van der Waals surface area (Å²) >= 11 is 0. The summed E-state index contributed by atoms with van der Waals surface area (Å²) in [6.07, 6.45) is 5.23. The predicted octanol–water partition coefficient (Wildman–Crippen LogP) is 5.80. The molecular weight excluding hydrogens is 517 g/mol. The van der Waals surface area contributed by atoms with Crippen LogP contribution in [0, 0.1) is 11.7 Å². The summed E-state index contributed by atoms with van der Waals surface area (Å²) in [4.78, 5) is 32.1. The Morgan fingerprint density at radius 1 is 1.05 bits per heavy atom. The van der Waals surface area contributed by atoms with E-state index in [-0.39, 0.29) is 29.6 Å². The third kappa shape index (κ3) is 4.69. The molecule has 1 atom stereocenters. The standard InChI is InChI=1S/C33H34FN5O2/c1-19-25-6-4-3-5-21(25)11-12-38(19)33(41)29-17-30(22-7-8-22)39-31(36-29)18-28(37-39)26-10-9-23(16-27(26)34)24-13-20(14-24)15-32(40)35-2/h3-6,9-10,16-20,22,24H,7-8,11-15H2,1-2H3,(H,35,40)/t19-,20?,24?/m1/s1. The quantitative estimate of drug-likeness (QED) is 0.328. The van der Waals surface area contributed by atoms with Crippen LogP contribution in [0.1, 0.15) is 89.8 Å². The fraction of sp³-hybridized carbons (Fsp3) is 0.394. The lowest BCUT2D eigenvalue weighted by molar-refractivity contribution is -0.122. The van der Waals surface area contributed by atoms with E-state index in [4.69, 9.17) is 10.1 Å². The zero-order chi connectivity index (χ0) is 28.2. The minimum atomic E-state index is -0.314. The van der Waals surface area contributed by atoms with Crippen LogP contribution in [0.2, 0.25) is 0 Å². The molecule has 1 aliphatic heterocycles. The number of fused-ring (bicyclic) bond motifs is 2. The van der Waals surface area contributed by atoms with Gasteiger partial charge in [-0.1, -0.05) is 30.3 Å². The molecule has 0 radical (unpaired) electrons. The molecule has 2 aliphatic carbocycles. The Hall–Kier alpha value is -4.07. The maximum absolute atomic E-state index is 15.4. The summed E-state index contributed by atoms with van der Waals surface area (Å²) in [7, 11) is 1.65. The molecule has 7 nitrogen and oxygen atoms in total. The molecule has 3 aliphatic rings. The van der Waals surface area contributed by atoms with Crippen molar-refractivity contribution >= 4 is 17.5 Å². The van der Waals surface area contributed by atoms with Crippen LogP contribution in [0.5, 0.6) is 0 Å². The van der Waals surface area contributed by atoms with Gasteiger partial charge in [-0.25, -0.2) is 13.9 Å². The Morgan fingerprint density at radius 3 is 2.61 bits per heavy atom. The molecule has 3 heterocycles. The molecule has 210 valence electrons. The molecule has 4 aromatic rings. The number of amides is 2. The van der Waals surface area contributed by atoms with E-state index in [9.17, 15) is 9.59 Å². The van der Waals surface area contributed by atoms with Crippen molar-refractivity contribution in [2.45, 2.75) is 63.3 Å². The summed E-state index contributed by atoms with van der Waals surface area (Å²) < 4.78 is 17.2. The molecule has 8 heteroatoms. The van der Waals surface area contributed by atoms with Crippen molar-refractivity contribution in [3.05, 3.63) is 88.5 Å². The highest BCUT2D eigenvalue weighted by molar-refractivity contribution is 5.93. The van der Waals surface area contributed by atoms with E-state index in [0.29, 0.717) is 47.4 Å². The molecule has 7 rings (SSSR count). The SMILES string of the molecule is CNC(=O)CC1CC(c2ccc(-c3cc4nc(C(=O)N5CCc6ccccc6[C@H]5C)cc(C5CC5)n4n3)c(F)c2)C1. The Morgan fingerprint density at radius 2 is 1.85 bits per heavy atom.